The van der Waals surface area contributed by atoms with Crippen molar-refractivity contribution in [2.24, 2.45) is 11.8 Å². The van der Waals surface area contributed by atoms with Crippen molar-refractivity contribution in [3.05, 3.63) is 17.0 Å². The molecular weight excluding hydrogens is 212 g/mol. The molecule has 0 radical (unpaired) electrons. The third kappa shape index (κ3) is 1.16. The Bertz CT molecular complexity index is 429. The number of rotatable bonds is 3. The van der Waals surface area contributed by atoms with Gasteiger partial charge < -0.3 is 5.11 Å². The standard InChI is InChI=1S/C10H12N2O2S/c1-15-3-6-4-2-5-8(7(4)6)11-12-9(5)10(13)14/h4,6-7H,2-3H2,1H3,(H,11,12)(H,13,14)/t4-,6?,7-/m0/s1. The number of carbonyl (C=O) groups is 1. The summed E-state index contributed by atoms with van der Waals surface area (Å²) in [4.78, 5) is 10.9. The number of nitrogens with one attached hydrogen (secondary N) is 1. The summed E-state index contributed by atoms with van der Waals surface area (Å²) in [5.41, 5.74) is 2.28. The third-order valence-electron chi connectivity index (χ3n) is 3.57. The Labute approximate surface area is 91.5 Å². The van der Waals surface area contributed by atoms with Gasteiger partial charge in [-0.2, -0.15) is 16.9 Å². The van der Waals surface area contributed by atoms with Gasteiger partial charge in [0.1, 0.15) is 0 Å². The molecule has 1 aromatic rings. The predicted molar refractivity (Wildman–Crippen MR) is 57.4 cm³/mol. The number of thioether (sulfide) groups is 1. The lowest BCUT2D eigenvalue weighted by atomic mass is 10.1. The van der Waals surface area contributed by atoms with Crippen molar-refractivity contribution < 1.29 is 9.90 Å². The molecule has 1 heterocycles. The Kier molecular flexibility index (Phi) is 1.86. The zero-order chi connectivity index (χ0) is 10.6. The molecule has 0 amide bonds. The van der Waals surface area contributed by atoms with Crippen molar-refractivity contribution in [2.45, 2.75) is 12.3 Å². The maximum atomic E-state index is 10.9. The zero-order valence-corrected chi connectivity index (χ0v) is 9.17. The normalized spacial score (nSPS) is 31.1. The lowest BCUT2D eigenvalue weighted by molar-refractivity contribution is 0.0689. The summed E-state index contributed by atoms with van der Waals surface area (Å²) in [6.45, 7) is 0. The highest BCUT2D eigenvalue weighted by Crippen LogP contribution is 2.61. The van der Waals surface area contributed by atoms with E-state index < -0.39 is 5.97 Å². The molecule has 1 saturated carbocycles. The van der Waals surface area contributed by atoms with Crippen LogP contribution in [0.4, 0.5) is 0 Å². The van der Waals surface area contributed by atoms with E-state index in [0.29, 0.717) is 11.8 Å². The molecule has 0 bridgehead atoms. The van der Waals surface area contributed by atoms with Gasteiger partial charge in [-0.1, -0.05) is 0 Å². The van der Waals surface area contributed by atoms with Gasteiger partial charge in [0.05, 0.1) is 0 Å². The molecule has 0 saturated heterocycles. The number of hydrogen-bond donors (Lipinski definition) is 2. The highest BCUT2D eigenvalue weighted by atomic mass is 32.2. The molecule has 0 aromatic carbocycles. The molecule has 5 heteroatoms. The SMILES string of the molecule is CSCC1[C@H]2c3[nH]nc(C(=O)O)c3C[C@@H]12. The highest BCUT2D eigenvalue weighted by Gasteiger charge is 2.57. The summed E-state index contributed by atoms with van der Waals surface area (Å²) in [7, 11) is 0. The van der Waals surface area contributed by atoms with Gasteiger partial charge in [-0.05, 0) is 30.3 Å². The van der Waals surface area contributed by atoms with E-state index in [-0.39, 0.29) is 5.69 Å². The second-order valence-corrected chi connectivity index (χ2v) is 5.19. The quantitative estimate of drug-likeness (QED) is 0.813. The lowest BCUT2D eigenvalue weighted by Crippen LogP contribution is -2.03. The molecule has 80 valence electrons. The summed E-state index contributed by atoms with van der Waals surface area (Å²) in [5.74, 6) is 2.26. The number of carboxylic acid groups (broad SMARTS) is 1. The number of aromatic nitrogens is 2. The lowest BCUT2D eigenvalue weighted by Gasteiger charge is -2.01. The van der Waals surface area contributed by atoms with Crippen molar-refractivity contribution in [2.75, 3.05) is 12.0 Å². The second kappa shape index (κ2) is 3.01. The number of H-pyrrole nitrogens is 1. The van der Waals surface area contributed by atoms with Crippen LogP contribution in [0.3, 0.4) is 0 Å². The Balaban J connectivity index is 1.88. The first-order valence-electron chi connectivity index (χ1n) is 5.03. The number of aromatic amines is 1. The average molecular weight is 224 g/mol. The van der Waals surface area contributed by atoms with E-state index in [4.69, 9.17) is 5.11 Å². The van der Waals surface area contributed by atoms with Gasteiger partial charge in [0.2, 0.25) is 0 Å². The monoisotopic (exact) mass is 224 g/mol. The largest absolute Gasteiger partial charge is 0.476 e. The Morgan fingerprint density at radius 1 is 1.73 bits per heavy atom. The van der Waals surface area contributed by atoms with Crippen molar-refractivity contribution in [1.29, 1.82) is 0 Å². The van der Waals surface area contributed by atoms with Gasteiger partial charge in [0.15, 0.2) is 5.69 Å². The smallest absolute Gasteiger partial charge is 0.356 e. The summed E-state index contributed by atoms with van der Waals surface area (Å²) < 4.78 is 0. The van der Waals surface area contributed by atoms with E-state index in [1.807, 2.05) is 11.8 Å². The third-order valence-corrected chi connectivity index (χ3v) is 4.28. The van der Waals surface area contributed by atoms with Crippen LogP contribution in [-0.4, -0.2) is 33.3 Å². The summed E-state index contributed by atoms with van der Waals surface area (Å²) >= 11 is 1.87. The first-order valence-corrected chi connectivity index (χ1v) is 6.42. The Hall–Kier alpha value is -0.970. The Morgan fingerprint density at radius 3 is 3.20 bits per heavy atom. The molecule has 2 aliphatic rings. The minimum absolute atomic E-state index is 0.236. The molecule has 0 aliphatic heterocycles. The first-order chi connectivity index (χ1) is 7.24. The number of carboxylic acids is 1. The van der Waals surface area contributed by atoms with Crippen LogP contribution in [0.2, 0.25) is 0 Å². The van der Waals surface area contributed by atoms with E-state index in [1.54, 1.807) is 0 Å². The van der Waals surface area contributed by atoms with Crippen molar-refractivity contribution in [3.8, 4) is 0 Å². The molecule has 1 aromatic heterocycles. The molecule has 4 nitrogen and oxygen atoms in total. The molecule has 0 spiro atoms. The maximum Gasteiger partial charge on any atom is 0.356 e. The van der Waals surface area contributed by atoms with Crippen LogP contribution in [-0.2, 0) is 6.42 Å². The predicted octanol–water partition coefficient (Wildman–Crippen LogP) is 1.36. The van der Waals surface area contributed by atoms with E-state index in [0.717, 1.165) is 23.6 Å². The topological polar surface area (TPSA) is 66.0 Å². The fraction of sp³-hybridized carbons (Fsp3) is 0.600. The number of aromatic carboxylic acids is 1. The van der Waals surface area contributed by atoms with Crippen molar-refractivity contribution in [1.82, 2.24) is 10.2 Å². The number of fused-ring (bicyclic) bond motifs is 3. The summed E-state index contributed by atoms with van der Waals surface area (Å²) in [6.07, 6.45) is 3.02. The van der Waals surface area contributed by atoms with Gasteiger partial charge >= 0.3 is 5.97 Å². The molecule has 2 aliphatic carbocycles. The molecule has 15 heavy (non-hydrogen) atoms. The number of hydrogen-bond acceptors (Lipinski definition) is 3. The second-order valence-electron chi connectivity index (χ2n) is 4.28. The summed E-state index contributed by atoms with van der Waals surface area (Å²) in [5, 5.41) is 15.7. The van der Waals surface area contributed by atoms with Gasteiger partial charge in [-0.3, -0.25) is 5.10 Å². The molecule has 1 fully saturated rings. The van der Waals surface area contributed by atoms with Gasteiger partial charge in [-0.25, -0.2) is 4.79 Å². The van der Waals surface area contributed by atoms with Gasteiger partial charge in [0, 0.05) is 17.2 Å². The van der Waals surface area contributed by atoms with Crippen molar-refractivity contribution >= 4 is 17.7 Å². The van der Waals surface area contributed by atoms with Crippen LogP contribution >= 0.6 is 11.8 Å². The zero-order valence-electron chi connectivity index (χ0n) is 8.36. The van der Waals surface area contributed by atoms with Gasteiger partial charge in [-0.15, -0.1) is 0 Å². The van der Waals surface area contributed by atoms with Crippen molar-refractivity contribution in [3.63, 3.8) is 0 Å². The minimum atomic E-state index is -0.907. The van der Waals surface area contributed by atoms with Crippen LogP contribution in [0.5, 0.6) is 0 Å². The minimum Gasteiger partial charge on any atom is -0.476 e. The van der Waals surface area contributed by atoms with E-state index in [2.05, 4.69) is 16.5 Å². The maximum absolute atomic E-state index is 10.9. The van der Waals surface area contributed by atoms with Crippen LogP contribution in [0, 0.1) is 11.8 Å². The van der Waals surface area contributed by atoms with Crippen LogP contribution in [0.15, 0.2) is 0 Å². The fourth-order valence-electron chi connectivity index (χ4n) is 2.84. The average Bonchev–Trinajstić information content (AvgIpc) is 2.60. The van der Waals surface area contributed by atoms with Gasteiger partial charge in [0.25, 0.3) is 0 Å². The first kappa shape index (κ1) is 9.27. The highest BCUT2D eigenvalue weighted by molar-refractivity contribution is 7.98. The van der Waals surface area contributed by atoms with E-state index in [1.165, 1.54) is 5.75 Å². The molecule has 2 N–H and O–H groups in total. The van der Waals surface area contributed by atoms with Crippen LogP contribution in [0.1, 0.15) is 27.7 Å². The van der Waals surface area contributed by atoms with E-state index in [9.17, 15) is 4.79 Å². The molecule has 1 unspecified atom stereocenters. The van der Waals surface area contributed by atoms with E-state index >= 15 is 0 Å². The number of nitrogens with zero attached hydrogens (tertiary/aromatic N) is 1. The molecule has 3 rings (SSSR count). The molecule has 3 atom stereocenters. The fourth-order valence-corrected chi connectivity index (χ4v) is 3.68. The Morgan fingerprint density at radius 2 is 2.53 bits per heavy atom. The van der Waals surface area contributed by atoms with Crippen LogP contribution in [0.25, 0.3) is 0 Å². The summed E-state index contributed by atoms with van der Waals surface area (Å²) in [6, 6.07) is 0. The molecular formula is C10H12N2O2S. The van der Waals surface area contributed by atoms with Crippen LogP contribution < -0.4 is 0 Å².